The van der Waals surface area contributed by atoms with Crippen LogP contribution in [0.5, 0.6) is 0 Å². The van der Waals surface area contributed by atoms with Gasteiger partial charge in [-0.15, -0.1) is 0 Å². The molecule has 0 atom stereocenters. The second-order valence-corrected chi connectivity index (χ2v) is 5.63. The molecule has 0 aliphatic carbocycles. The maximum absolute atomic E-state index is 12.1. The highest BCUT2D eigenvalue weighted by atomic mass is 35.5. The summed E-state index contributed by atoms with van der Waals surface area (Å²) in [7, 11) is 0. The molecule has 0 amide bonds. The monoisotopic (exact) mass is 318 g/mol. The minimum absolute atomic E-state index is 0.0335. The lowest BCUT2D eigenvalue weighted by atomic mass is 10.0. The first-order valence-corrected chi connectivity index (χ1v) is 7.74. The SMILES string of the molecule is O=C(/C=C/c1ccc(-c2ccccc2)cc1)c1ccc(Cl)cc1. The van der Waals surface area contributed by atoms with Crippen molar-refractivity contribution in [3.8, 4) is 11.1 Å². The van der Waals surface area contributed by atoms with E-state index in [9.17, 15) is 4.79 Å². The third kappa shape index (κ3) is 3.97. The zero-order valence-corrected chi connectivity index (χ0v) is 13.2. The zero-order chi connectivity index (χ0) is 16.1. The van der Waals surface area contributed by atoms with E-state index >= 15 is 0 Å². The Balaban J connectivity index is 1.73. The zero-order valence-electron chi connectivity index (χ0n) is 12.4. The topological polar surface area (TPSA) is 17.1 Å². The number of allylic oxidation sites excluding steroid dienone is 1. The molecule has 0 N–H and O–H groups in total. The van der Waals surface area contributed by atoms with Crippen LogP contribution in [0.3, 0.4) is 0 Å². The highest BCUT2D eigenvalue weighted by molar-refractivity contribution is 6.30. The normalized spacial score (nSPS) is 10.8. The van der Waals surface area contributed by atoms with E-state index in [0.717, 1.165) is 11.1 Å². The first-order chi connectivity index (χ1) is 11.2. The van der Waals surface area contributed by atoms with Crippen molar-refractivity contribution in [2.24, 2.45) is 0 Å². The summed E-state index contributed by atoms with van der Waals surface area (Å²) in [5, 5.41) is 0.627. The second-order valence-electron chi connectivity index (χ2n) is 5.19. The molecule has 3 rings (SSSR count). The van der Waals surface area contributed by atoms with Crippen LogP contribution in [-0.4, -0.2) is 5.78 Å². The molecule has 0 radical (unpaired) electrons. The predicted molar refractivity (Wildman–Crippen MR) is 96.7 cm³/mol. The van der Waals surface area contributed by atoms with Gasteiger partial charge < -0.3 is 0 Å². The van der Waals surface area contributed by atoms with Crippen molar-refractivity contribution in [1.82, 2.24) is 0 Å². The summed E-state index contributed by atoms with van der Waals surface area (Å²) in [5.41, 5.74) is 3.96. The molecule has 0 aromatic heterocycles. The van der Waals surface area contributed by atoms with Crippen LogP contribution < -0.4 is 0 Å². The van der Waals surface area contributed by atoms with Gasteiger partial charge in [0.25, 0.3) is 0 Å². The van der Waals surface area contributed by atoms with Crippen molar-refractivity contribution in [2.45, 2.75) is 0 Å². The fourth-order valence-electron chi connectivity index (χ4n) is 2.30. The summed E-state index contributed by atoms with van der Waals surface area (Å²) in [6.07, 6.45) is 3.41. The summed E-state index contributed by atoms with van der Waals surface area (Å²) in [5.74, 6) is -0.0335. The minimum atomic E-state index is -0.0335. The number of halogens is 1. The molecule has 0 bridgehead atoms. The van der Waals surface area contributed by atoms with Gasteiger partial charge >= 0.3 is 0 Å². The highest BCUT2D eigenvalue weighted by Gasteiger charge is 2.01. The molecule has 1 nitrogen and oxygen atoms in total. The third-order valence-electron chi connectivity index (χ3n) is 3.57. The third-order valence-corrected chi connectivity index (χ3v) is 3.83. The molecule has 0 fully saturated rings. The van der Waals surface area contributed by atoms with Crippen LogP contribution in [0.15, 0.2) is 84.9 Å². The molecule has 3 aromatic rings. The van der Waals surface area contributed by atoms with Crippen LogP contribution >= 0.6 is 11.6 Å². The molecule has 2 heteroatoms. The Kier molecular flexibility index (Phi) is 4.70. The van der Waals surface area contributed by atoms with Gasteiger partial charge in [-0.3, -0.25) is 4.79 Å². The van der Waals surface area contributed by atoms with Crippen molar-refractivity contribution in [3.63, 3.8) is 0 Å². The molecular formula is C21H15ClO. The van der Waals surface area contributed by atoms with Crippen LogP contribution in [0, 0.1) is 0 Å². The van der Waals surface area contributed by atoms with Crippen molar-refractivity contribution < 1.29 is 4.79 Å². The van der Waals surface area contributed by atoms with E-state index in [1.165, 1.54) is 5.56 Å². The van der Waals surface area contributed by atoms with Gasteiger partial charge in [-0.2, -0.15) is 0 Å². The number of hydrogen-bond acceptors (Lipinski definition) is 1. The molecule has 0 heterocycles. The molecule has 0 spiro atoms. The average Bonchev–Trinajstić information content (AvgIpc) is 2.61. The standard InChI is InChI=1S/C21H15ClO/c22-20-13-11-19(12-14-20)21(23)15-8-16-6-9-18(10-7-16)17-4-2-1-3-5-17/h1-15H/b15-8+. The number of hydrogen-bond donors (Lipinski definition) is 0. The number of carbonyl (C=O) groups excluding carboxylic acids is 1. The van der Waals surface area contributed by atoms with Crippen molar-refractivity contribution in [3.05, 3.63) is 101 Å². The molecule has 0 saturated carbocycles. The summed E-state index contributed by atoms with van der Waals surface area (Å²) in [6, 6.07) is 25.2. The molecule has 23 heavy (non-hydrogen) atoms. The Morgan fingerprint density at radius 3 is 2.00 bits per heavy atom. The Morgan fingerprint density at radius 2 is 1.35 bits per heavy atom. The maximum atomic E-state index is 12.1. The molecule has 0 unspecified atom stereocenters. The summed E-state index contributed by atoms with van der Waals surface area (Å²) < 4.78 is 0. The van der Waals surface area contributed by atoms with Crippen LogP contribution in [0.25, 0.3) is 17.2 Å². The quantitative estimate of drug-likeness (QED) is 0.432. The largest absolute Gasteiger partial charge is 0.289 e. The Hall–Kier alpha value is -2.64. The van der Waals surface area contributed by atoms with Crippen LogP contribution in [-0.2, 0) is 0 Å². The minimum Gasteiger partial charge on any atom is -0.289 e. The first kappa shape index (κ1) is 15.3. The van der Waals surface area contributed by atoms with Gasteiger partial charge in [0.2, 0.25) is 0 Å². The lowest BCUT2D eigenvalue weighted by molar-refractivity contribution is 0.104. The van der Waals surface area contributed by atoms with Gasteiger partial charge in [0.1, 0.15) is 0 Å². The van der Waals surface area contributed by atoms with Gasteiger partial charge in [0.05, 0.1) is 0 Å². The molecule has 0 saturated heterocycles. The maximum Gasteiger partial charge on any atom is 0.185 e. The lowest BCUT2D eigenvalue weighted by Gasteiger charge is -2.02. The van der Waals surface area contributed by atoms with Crippen LogP contribution in [0.1, 0.15) is 15.9 Å². The second kappa shape index (κ2) is 7.08. The number of ketones is 1. The molecule has 3 aromatic carbocycles. The van der Waals surface area contributed by atoms with E-state index in [1.807, 2.05) is 36.4 Å². The first-order valence-electron chi connectivity index (χ1n) is 7.36. The number of benzene rings is 3. The van der Waals surface area contributed by atoms with E-state index in [-0.39, 0.29) is 5.78 Å². The van der Waals surface area contributed by atoms with E-state index < -0.39 is 0 Å². The molecule has 0 aliphatic rings. The average molecular weight is 319 g/mol. The van der Waals surface area contributed by atoms with Gasteiger partial charge in [0, 0.05) is 10.6 Å². The van der Waals surface area contributed by atoms with Crippen molar-refractivity contribution in [1.29, 1.82) is 0 Å². The smallest absolute Gasteiger partial charge is 0.185 e. The van der Waals surface area contributed by atoms with E-state index in [0.29, 0.717) is 10.6 Å². The lowest BCUT2D eigenvalue weighted by Crippen LogP contribution is -1.93. The predicted octanol–water partition coefficient (Wildman–Crippen LogP) is 5.90. The van der Waals surface area contributed by atoms with Gasteiger partial charge in [-0.25, -0.2) is 0 Å². The number of carbonyl (C=O) groups is 1. The summed E-state index contributed by atoms with van der Waals surface area (Å²) in [6.45, 7) is 0. The fourth-order valence-corrected chi connectivity index (χ4v) is 2.43. The van der Waals surface area contributed by atoms with Crippen molar-refractivity contribution >= 4 is 23.5 Å². The number of rotatable bonds is 4. The Labute approximate surface area is 140 Å². The van der Waals surface area contributed by atoms with E-state index in [4.69, 9.17) is 11.6 Å². The van der Waals surface area contributed by atoms with Crippen molar-refractivity contribution in [2.75, 3.05) is 0 Å². The summed E-state index contributed by atoms with van der Waals surface area (Å²) >= 11 is 5.83. The van der Waals surface area contributed by atoms with E-state index in [2.05, 4.69) is 24.3 Å². The van der Waals surface area contributed by atoms with Crippen LogP contribution in [0.4, 0.5) is 0 Å². The Morgan fingerprint density at radius 1 is 0.739 bits per heavy atom. The van der Waals surface area contributed by atoms with Crippen LogP contribution in [0.2, 0.25) is 5.02 Å². The van der Waals surface area contributed by atoms with E-state index in [1.54, 1.807) is 30.3 Å². The Bertz CT molecular complexity index is 816. The molecule has 112 valence electrons. The summed E-state index contributed by atoms with van der Waals surface area (Å²) in [4.78, 5) is 12.1. The molecular weight excluding hydrogens is 304 g/mol. The highest BCUT2D eigenvalue weighted by Crippen LogP contribution is 2.19. The van der Waals surface area contributed by atoms with Gasteiger partial charge in [0.15, 0.2) is 5.78 Å². The van der Waals surface area contributed by atoms with Gasteiger partial charge in [-0.05, 0) is 47.0 Å². The fraction of sp³-hybridized carbons (Fsp3) is 0. The molecule has 0 aliphatic heterocycles. The van der Waals surface area contributed by atoms with Gasteiger partial charge in [-0.1, -0.05) is 72.3 Å².